The van der Waals surface area contributed by atoms with E-state index in [1.165, 1.54) is 24.3 Å². The van der Waals surface area contributed by atoms with Crippen LogP contribution >= 0.6 is 0 Å². The van der Waals surface area contributed by atoms with Gasteiger partial charge in [0.25, 0.3) is 0 Å². The lowest BCUT2D eigenvalue weighted by Gasteiger charge is -2.26. The van der Waals surface area contributed by atoms with E-state index in [0.717, 1.165) is 69.3 Å². The molecule has 48 heavy (non-hydrogen) atoms. The minimum atomic E-state index is -4.43. The first-order valence-corrected chi connectivity index (χ1v) is 15.2. The smallest absolute Gasteiger partial charge is 0.311 e. The summed E-state index contributed by atoms with van der Waals surface area (Å²) in [5.74, 6) is 0. The molecule has 0 saturated carbocycles. The zero-order chi connectivity index (χ0) is 34.1. The van der Waals surface area contributed by atoms with Gasteiger partial charge in [-0.25, -0.2) is 0 Å². The lowest BCUT2D eigenvalue weighted by Crippen LogP contribution is -2.11. The van der Waals surface area contributed by atoms with Gasteiger partial charge in [-0.05, 0) is 122 Å². The SMILES string of the molecule is Cc1ccc(N(c2ccc(-c3ccc(N(c4ccc(C)cc4)c4ccc(C(F)(F)F)cc4)cc3)cc2)c2ccc(C(F)(F)F)cc2)cc1. The van der Waals surface area contributed by atoms with E-state index in [2.05, 4.69) is 0 Å². The number of nitrogens with zero attached hydrogens (tertiary/aromatic N) is 2. The molecule has 0 fully saturated rings. The summed E-state index contributed by atoms with van der Waals surface area (Å²) in [6, 6.07) is 41.2. The molecular weight excluding hydrogens is 622 g/mol. The van der Waals surface area contributed by atoms with Crippen LogP contribution in [-0.2, 0) is 12.4 Å². The maximum atomic E-state index is 13.3. The molecule has 0 heterocycles. The standard InChI is InChI=1S/C40H30F6N2/c1-27-3-15-33(16-4-27)47(37-23-11-31(12-24-37)39(41,42)43)35-19-7-29(8-20-35)30-9-21-36(22-10-30)48(34-17-5-28(2)6-18-34)38-25-13-32(14-26-38)40(44,45)46/h3-26H,1-2H3. The average Bonchev–Trinajstić information content (AvgIpc) is 3.07. The highest BCUT2D eigenvalue weighted by Crippen LogP contribution is 2.40. The van der Waals surface area contributed by atoms with Crippen molar-refractivity contribution in [3.05, 3.63) is 168 Å². The van der Waals surface area contributed by atoms with E-state index in [0.29, 0.717) is 11.4 Å². The van der Waals surface area contributed by atoms with E-state index in [1.807, 2.05) is 121 Å². The highest BCUT2D eigenvalue weighted by atomic mass is 19.4. The van der Waals surface area contributed by atoms with Gasteiger partial charge in [0.2, 0.25) is 0 Å². The van der Waals surface area contributed by atoms with Gasteiger partial charge >= 0.3 is 12.4 Å². The maximum Gasteiger partial charge on any atom is 0.416 e. The van der Waals surface area contributed by atoms with E-state index in [9.17, 15) is 26.3 Å². The molecule has 2 nitrogen and oxygen atoms in total. The Balaban J connectivity index is 1.31. The summed E-state index contributed by atoms with van der Waals surface area (Å²) < 4.78 is 79.6. The Morgan fingerprint density at radius 2 is 0.521 bits per heavy atom. The molecule has 0 aliphatic carbocycles. The van der Waals surface area contributed by atoms with Crippen LogP contribution in [0.3, 0.4) is 0 Å². The number of halogens is 6. The Kier molecular flexibility index (Phi) is 8.75. The van der Waals surface area contributed by atoms with E-state index >= 15 is 0 Å². The first kappa shape index (κ1) is 32.4. The summed E-state index contributed by atoms with van der Waals surface area (Å²) in [7, 11) is 0. The molecule has 6 rings (SSSR count). The quantitative estimate of drug-likeness (QED) is 0.158. The normalized spacial score (nSPS) is 11.8. The van der Waals surface area contributed by atoms with Crippen LogP contribution < -0.4 is 9.80 Å². The number of aryl methyl sites for hydroxylation is 2. The summed E-state index contributed by atoms with van der Waals surface area (Å²) >= 11 is 0. The third-order valence-electron chi connectivity index (χ3n) is 8.07. The van der Waals surface area contributed by atoms with Gasteiger partial charge in [-0.15, -0.1) is 0 Å². The van der Waals surface area contributed by atoms with Gasteiger partial charge in [0.15, 0.2) is 0 Å². The predicted molar refractivity (Wildman–Crippen MR) is 181 cm³/mol. The molecular formula is C40H30F6N2. The predicted octanol–water partition coefficient (Wildman–Crippen LogP) is 12.9. The van der Waals surface area contributed by atoms with E-state index in [-0.39, 0.29) is 0 Å². The average molecular weight is 653 g/mol. The van der Waals surface area contributed by atoms with Crippen molar-refractivity contribution in [3.63, 3.8) is 0 Å². The molecule has 242 valence electrons. The first-order chi connectivity index (χ1) is 22.9. The molecule has 0 bridgehead atoms. The Labute approximate surface area is 275 Å². The fourth-order valence-electron chi connectivity index (χ4n) is 5.49. The van der Waals surface area contributed by atoms with Crippen molar-refractivity contribution < 1.29 is 26.3 Å². The van der Waals surface area contributed by atoms with Crippen LogP contribution in [-0.4, -0.2) is 0 Å². The maximum absolute atomic E-state index is 13.3. The van der Waals surface area contributed by atoms with Crippen molar-refractivity contribution >= 4 is 34.1 Å². The molecule has 6 aromatic rings. The molecule has 0 aromatic heterocycles. The minimum absolute atomic E-state index is 0.586. The van der Waals surface area contributed by atoms with E-state index < -0.39 is 23.5 Å². The summed E-state index contributed by atoms with van der Waals surface area (Å²) in [6.45, 7) is 3.94. The first-order valence-electron chi connectivity index (χ1n) is 15.2. The van der Waals surface area contributed by atoms with Crippen molar-refractivity contribution in [2.75, 3.05) is 9.80 Å². The molecule has 0 aliphatic heterocycles. The number of benzene rings is 6. The largest absolute Gasteiger partial charge is 0.416 e. The van der Waals surface area contributed by atoms with Crippen LogP contribution in [0.5, 0.6) is 0 Å². The molecule has 0 unspecified atom stereocenters. The molecule has 0 saturated heterocycles. The Bertz CT molecular complexity index is 1810. The third kappa shape index (κ3) is 7.08. The zero-order valence-electron chi connectivity index (χ0n) is 26.0. The van der Waals surface area contributed by atoms with Crippen molar-refractivity contribution in [3.8, 4) is 11.1 Å². The number of anilines is 6. The van der Waals surface area contributed by atoms with E-state index in [1.54, 1.807) is 0 Å². The fourth-order valence-corrected chi connectivity index (χ4v) is 5.49. The van der Waals surface area contributed by atoms with Gasteiger partial charge < -0.3 is 9.80 Å². The van der Waals surface area contributed by atoms with Crippen LogP contribution in [0.15, 0.2) is 146 Å². The van der Waals surface area contributed by atoms with Crippen LogP contribution in [0.2, 0.25) is 0 Å². The Morgan fingerprint density at radius 3 is 0.750 bits per heavy atom. The van der Waals surface area contributed by atoms with Crippen LogP contribution in [0.25, 0.3) is 11.1 Å². The minimum Gasteiger partial charge on any atom is -0.311 e. The molecule has 0 N–H and O–H groups in total. The van der Waals surface area contributed by atoms with Crippen molar-refractivity contribution in [1.82, 2.24) is 0 Å². The van der Waals surface area contributed by atoms with Crippen molar-refractivity contribution in [1.29, 1.82) is 0 Å². The summed E-state index contributed by atoms with van der Waals surface area (Å²) in [5.41, 5.74) is 6.84. The summed E-state index contributed by atoms with van der Waals surface area (Å²) in [4.78, 5) is 3.80. The molecule has 0 aliphatic rings. The second-order valence-corrected chi connectivity index (χ2v) is 11.5. The second-order valence-electron chi connectivity index (χ2n) is 11.5. The molecule has 0 radical (unpaired) electrons. The molecule has 8 heteroatoms. The van der Waals surface area contributed by atoms with E-state index in [4.69, 9.17) is 0 Å². The van der Waals surface area contributed by atoms with Crippen LogP contribution in [0.1, 0.15) is 22.3 Å². The fraction of sp³-hybridized carbons (Fsp3) is 0.100. The zero-order valence-corrected chi connectivity index (χ0v) is 26.0. The van der Waals surface area contributed by atoms with Gasteiger partial charge in [-0.2, -0.15) is 26.3 Å². The van der Waals surface area contributed by atoms with Gasteiger partial charge in [0.05, 0.1) is 11.1 Å². The van der Waals surface area contributed by atoms with Gasteiger partial charge in [-0.1, -0.05) is 59.7 Å². The number of hydrogen-bond donors (Lipinski definition) is 0. The van der Waals surface area contributed by atoms with Gasteiger partial charge in [0.1, 0.15) is 0 Å². The molecule has 0 spiro atoms. The number of rotatable bonds is 7. The second kappa shape index (κ2) is 13.0. The summed E-state index contributed by atoms with van der Waals surface area (Å²) in [5, 5.41) is 0. The molecule has 6 aromatic carbocycles. The Hall–Kier alpha value is -5.50. The summed E-state index contributed by atoms with van der Waals surface area (Å²) in [6.07, 6.45) is -8.86. The van der Waals surface area contributed by atoms with Crippen molar-refractivity contribution in [2.24, 2.45) is 0 Å². The van der Waals surface area contributed by atoms with Gasteiger partial charge in [-0.3, -0.25) is 0 Å². The number of hydrogen-bond acceptors (Lipinski definition) is 2. The molecule has 0 amide bonds. The third-order valence-corrected chi connectivity index (χ3v) is 8.07. The number of alkyl halides is 6. The van der Waals surface area contributed by atoms with Crippen LogP contribution in [0, 0.1) is 13.8 Å². The lowest BCUT2D eigenvalue weighted by molar-refractivity contribution is -0.138. The Morgan fingerprint density at radius 1 is 0.312 bits per heavy atom. The lowest BCUT2D eigenvalue weighted by atomic mass is 10.0. The van der Waals surface area contributed by atoms with Crippen molar-refractivity contribution in [2.45, 2.75) is 26.2 Å². The van der Waals surface area contributed by atoms with Crippen LogP contribution in [0.4, 0.5) is 60.5 Å². The topological polar surface area (TPSA) is 6.48 Å². The highest BCUT2D eigenvalue weighted by molar-refractivity contribution is 5.81. The monoisotopic (exact) mass is 652 g/mol. The molecule has 0 atom stereocenters. The van der Waals surface area contributed by atoms with Gasteiger partial charge in [0, 0.05) is 34.1 Å². The highest BCUT2D eigenvalue weighted by Gasteiger charge is 2.31.